The summed E-state index contributed by atoms with van der Waals surface area (Å²) in [5.41, 5.74) is 7.78. The first kappa shape index (κ1) is 34.7. The molecule has 2 heterocycles. The normalized spacial score (nSPS) is 14.2. The number of aromatic nitrogens is 4. The van der Waals surface area contributed by atoms with Gasteiger partial charge in [0.2, 0.25) is 0 Å². The number of nitrogens with zero attached hydrogens (tertiary/aromatic N) is 2. The van der Waals surface area contributed by atoms with E-state index in [-0.39, 0.29) is 23.9 Å². The molecule has 0 radical (unpaired) electrons. The summed E-state index contributed by atoms with van der Waals surface area (Å²) in [5.74, 6) is 1.62. The summed E-state index contributed by atoms with van der Waals surface area (Å²) in [6.07, 6.45) is 4.57. The summed E-state index contributed by atoms with van der Waals surface area (Å²) >= 11 is 0. The molecule has 256 valence electrons. The van der Waals surface area contributed by atoms with Crippen molar-refractivity contribution in [2.75, 3.05) is 0 Å². The zero-order valence-corrected chi connectivity index (χ0v) is 29.9. The van der Waals surface area contributed by atoms with Gasteiger partial charge in [-0.1, -0.05) is 52.0 Å². The molecule has 0 spiro atoms. The number of ether oxygens (including phenoxy) is 2. The minimum Gasteiger partial charge on any atom is -0.444 e. The van der Waals surface area contributed by atoms with E-state index in [2.05, 4.69) is 67.0 Å². The Bertz CT molecular complexity index is 1640. The minimum absolute atomic E-state index is 0.111. The Morgan fingerprint density at radius 2 is 1.04 bits per heavy atom. The van der Waals surface area contributed by atoms with Gasteiger partial charge in [-0.15, -0.1) is 0 Å². The average molecular weight is 655 g/mol. The highest BCUT2D eigenvalue weighted by Crippen LogP contribution is 2.38. The molecule has 2 aromatic heterocycles. The fourth-order valence-corrected chi connectivity index (χ4v) is 5.98. The summed E-state index contributed by atoms with van der Waals surface area (Å²) in [5, 5.41) is 5.95. The third-order valence-corrected chi connectivity index (χ3v) is 8.24. The summed E-state index contributed by atoms with van der Waals surface area (Å²) < 4.78 is 11.0. The number of benzene rings is 2. The molecule has 1 aliphatic carbocycles. The first-order chi connectivity index (χ1) is 22.5. The third kappa shape index (κ3) is 8.27. The second-order valence-corrected chi connectivity index (χ2v) is 15.3. The van der Waals surface area contributed by atoms with E-state index < -0.39 is 23.4 Å². The van der Waals surface area contributed by atoms with Gasteiger partial charge in [0.05, 0.1) is 35.9 Å². The molecule has 0 aliphatic heterocycles. The largest absolute Gasteiger partial charge is 0.444 e. The number of imidazole rings is 2. The van der Waals surface area contributed by atoms with Crippen LogP contribution in [0.1, 0.15) is 104 Å². The van der Waals surface area contributed by atoms with Crippen LogP contribution >= 0.6 is 0 Å². The molecule has 5 rings (SSSR count). The summed E-state index contributed by atoms with van der Waals surface area (Å²) in [6, 6.07) is 12.5. The highest BCUT2D eigenvalue weighted by atomic mass is 16.6. The standard InChI is InChI=1S/C38H50N6O4/c1-21(2)31(43-35(45)47-37(5,6)7)33-39-19-29(41-33)25-13-15-27-23(17-25)11-12-24-18-26(14-16-28(24)27)30-20-40-34(42-30)32(22(3)4)44-36(46)48-38(8,9)10/h13-22,31-32H,11-12H2,1-10H3,(H,39,41)(H,40,42)(H,43,45)(H,44,46)/t31-,32-/m0/s1. The van der Waals surface area contributed by atoms with Crippen molar-refractivity contribution in [3.63, 3.8) is 0 Å². The summed E-state index contributed by atoms with van der Waals surface area (Å²) in [6.45, 7) is 19.3. The predicted octanol–water partition coefficient (Wildman–Crippen LogP) is 8.68. The van der Waals surface area contributed by atoms with E-state index in [1.807, 2.05) is 81.6 Å². The van der Waals surface area contributed by atoms with E-state index in [1.165, 1.54) is 22.3 Å². The summed E-state index contributed by atoms with van der Waals surface area (Å²) in [7, 11) is 0. The lowest BCUT2D eigenvalue weighted by atomic mass is 9.83. The number of rotatable bonds is 8. The lowest BCUT2D eigenvalue weighted by Gasteiger charge is -2.24. The Labute approximate surface area is 283 Å². The van der Waals surface area contributed by atoms with Crippen LogP contribution in [0, 0.1) is 11.8 Å². The van der Waals surface area contributed by atoms with Gasteiger partial charge in [0.15, 0.2) is 0 Å². The predicted molar refractivity (Wildman–Crippen MR) is 188 cm³/mol. The van der Waals surface area contributed by atoms with E-state index >= 15 is 0 Å². The molecule has 0 fully saturated rings. The van der Waals surface area contributed by atoms with Crippen molar-refractivity contribution in [3.05, 3.63) is 71.6 Å². The number of hydrogen-bond acceptors (Lipinski definition) is 6. The number of aromatic amines is 2. The fourth-order valence-electron chi connectivity index (χ4n) is 5.98. The van der Waals surface area contributed by atoms with Crippen LogP contribution in [0.3, 0.4) is 0 Å². The van der Waals surface area contributed by atoms with E-state index in [0.29, 0.717) is 11.6 Å². The number of carbonyl (C=O) groups excluding carboxylic acids is 2. The zero-order chi connectivity index (χ0) is 35.0. The number of aryl methyl sites for hydroxylation is 2. The Kier molecular flexibility index (Phi) is 9.76. The molecular formula is C38H50N6O4. The molecule has 0 unspecified atom stereocenters. The van der Waals surface area contributed by atoms with Crippen molar-refractivity contribution in [2.24, 2.45) is 11.8 Å². The maximum atomic E-state index is 12.5. The molecule has 0 saturated carbocycles. The zero-order valence-electron chi connectivity index (χ0n) is 29.9. The molecule has 48 heavy (non-hydrogen) atoms. The number of hydrogen-bond donors (Lipinski definition) is 4. The van der Waals surface area contributed by atoms with Crippen LogP contribution in [-0.4, -0.2) is 43.3 Å². The van der Waals surface area contributed by atoms with Gasteiger partial charge in [-0.3, -0.25) is 0 Å². The van der Waals surface area contributed by atoms with Gasteiger partial charge < -0.3 is 30.1 Å². The lowest BCUT2D eigenvalue weighted by molar-refractivity contribution is 0.0475. The van der Waals surface area contributed by atoms with E-state index in [0.717, 1.165) is 35.4 Å². The van der Waals surface area contributed by atoms with Crippen LogP contribution < -0.4 is 10.6 Å². The number of fused-ring (bicyclic) bond motifs is 3. The second kappa shape index (κ2) is 13.5. The van der Waals surface area contributed by atoms with Gasteiger partial charge >= 0.3 is 12.2 Å². The van der Waals surface area contributed by atoms with Crippen LogP contribution in [-0.2, 0) is 22.3 Å². The number of H-pyrrole nitrogens is 2. The van der Waals surface area contributed by atoms with Crippen LogP contribution in [0.2, 0.25) is 0 Å². The van der Waals surface area contributed by atoms with E-state index in [9.17, 15) is 9.59 Å². The fraction of sp³-hybridized carbons (Fsp3) is 0.474. The molecule has 10 heteroatoms. The van der Waals surface area contributed by atoms with Crippen molar-refractivity contribution < 1.29 is 19.1 Å². The molecule has 2 aromatic carbocycles. The first-order valence-corrected chi connectivity index (χ1v) is 16.8. The van der Waals surface area contributed by atoms with E-state index in [4.69, 9.17) is 9.47 Å². The van der Waals surface area contributed by atoms with Crippen molar-refractivity contribution in [1.29, 1.82) is 0 Å². The molecule has 4 aromatic rings. The van der Waals surface area contributed by atoms with Gasteiger partial charge in [0.25, 0.3) is 0 Å². The molecule has 10 nitrogen and oxygen atoms in total. The van der Waals surface area contributed by atoms with Crippen molar-refractivity contribution >= 4 is 12.2 Å². The number of alkyl carbamates (subject to hydrolysis) is 2. The van der Waals surface area contributed by atoms with Crippen molar-refractivity contribution in [2.45, 2.75) is 105 Å². The molecule has 0 bridgehead atoms. The maximum absolute atomic E-state index is 12.5. The van der Waals surface area contributed by atoms with Gasteiger partial charge in [-0.05, 0) is 112 Å². The third-order valence-electron chi connectivity index (χ3n) is 8.24. The lowest BCUT2D eigenvalue weighted by Crippen LogP contribution is -2.37. The Hall–Kier alpha value is -4.60. The second-order valence-electron chi connectivity index (χ2n) is 15.3. The molecule has 4 N–H and O–H groups in total. The van der Waals surface area contributed by atoms with Gasteiger partial charge in [0, 0.05) is 0 Å². The Morgan fingerprint density at radius 3 is 1.38 bits per heavy atom. The van der Waals surface area contributed by atoms with Crippen LogP contribution in [0.15, 0.2) is 48.8 Å². The van der Waals surface area contributed by atoms with Crippen LogP contribution in [0.25, 0.3) is 33.6 Å². The average Bonchev–Trinajstić information content (AvgIpc) is 3.67. The summed E-state index contributed by atoms with van der Waals surface area (Å²) in [4.78, 5) is 41.2. The number of nitrogens with one attached hydrogen (secondary N) is 4. The Morgan fingerprint density at radius 1 is 0.667 bits per heavy atom. The number of amides is 2. The van der Waals surface area contributed by atoms with E-state index in [1.54, 1.807) is 0 Å². The molecular weight excluding hydrogens is 604 g/mol. The quantitative estimate of drug-likeness (QED) is 0.150. The molecule has 2 atom stereocenters. The first-order valence-electron chi connectivity index (χ1n) is 16.8. The van der Waals surface area contributed by atoms with Gasteiger partial charge in [0.1, 0.15) is 22.9 Å². The highest BCUT2D eigenvalue weighted by Gasteiger charge is 2.27. The van der Waals surface area contributed by atoms with Gasteiger partial charge in [-0.25, -0.2) is 19.6 Å². The van der Waals surface area contributed by atoms with Crippen LogP contribution in [0.5, 0.6) is 0 Å². The van der Waals surface area contributed by atoms with Gasteiger partial charge in [-0.2, -0.15) is 0 Å². The Balaban J connectivity index is 1.33. The molecule has 1 aliphatic rings. The monoisotopic (exact) mass is 654 g/mol. The topological polar surface area (TPSA) is 134 Å². The smallest absolute Gasteiger partial charge is 0.408 e. The number of carbonyl (C=O) groups is 2. The molecule has 2 amide bonds. The maximum Gasteiger partial charge on any atom is 0.408 e. The van der Waals surface area contributed by atoms with Crippen molar-refractivity contribution in [1.82, 2.24) is 30.6 Å². The highest BCUT2D eigenvalue weighted by molar-refractivity contribution is 5.79. The SMILES string of the molecule is CC(C)[C@H](NC(=O)OC(C)(C)C)c1ncc(-c2ccc3c(c2)CCc2cc(-c4cnc([C@@H](NC(=O)OC(C)(C)C)C(C)C)[nH]4)ccc2-3)[nH]1. The minimum atomic E-state index is -0.578. The molecule has 0 saturated heterocycles. The van der Waals surface area contributed by atoms with Crippen molar-refractivity contribution in [3.8, 4) is 33.6 Å². The van der Waals surface area contributed by atoms with Crippen LogP contribution in [0.4, 0.5) is 9.59 Å².